The highest BCUT2D eigenvalue weighted by molar-refractivity contribution is 5.84. The van der Waals surface area contributed by atoms with Crippen LogP contribution in [-0.2, 0) is 0 Å². The van der Waals surface area contributed by atoms with Gasteiger partial charge in [0, 0.05) is 18.5 Å². The van der Waals surface area contributed by atoms with Gasteiger partial charge in [-0.05, 0) is 31.1 Å². The fourth-order valence-electron chi connectivity index (χ4n) is 2.42. The third-order valence-corrected chi connectivity index (χ3v) is 3.54. The molecule has 0 aromatic heterocycles. The Morgan fingerprint density at radius 1 is 1.14 bits per heavy atom. The van der Waals surface area contributed by atoms with Crippen molar-refractivity contribution in [1.82, 2.24) is 4.90 Å². The van der Waals surface area contributed by atoms with Crippen LogP contribution in [0.4, 0.5) is 0 Å². The van der Waals surface area contributed by atoms with E-state index in [1.807, 2.05) is 0 Å². The molecule has 0 aromatic rings. The van der Waals surface area contributed by atoms with Gasteiger partial charge < -0.3 is 4.90 Å². The van der Waals surface area contributed by atoms with E-state index in [0.29, 0.717) is 0 Å². The summed E-state index contributed by atoms with van der Waals surface area (Å²) in [5.74, 6) is 2.74. The first-order valence-electron chi connectivity index (χ1n) is 5.82. The molecule has 0 radical (unpaired) electrons. The average Bonchev–Trinajstić information content (AvgIpc) is 2.82. The molecule has 0 bridgehead atoms. The molecule has 1 N–H and O–H groups in total. The Bertz CT molecular complexity index is 235. The summed E-state index contributed by atoms with van der Waals surface area (Å²) in [4.78, 5) is 2.29. The number of nitrogens with one attached hydrogen (secondary N) is 1. The molecule has 80 valence electrons. The second-order valence-corrected chi connectivity index (χ2v) is 5.93. The van der Waals surface area contributed by atoms with Gasteiger partial charge in [-0.25, -0.2) is 0 Å². The Balaban J connectivity index is 1.91. The van der Waals surface area contributed by atoms with Crippen molar-refractivity contribution in [1.29, 1.82) is 5.41 Å². The Hall–Kier alpha value is -0.530. The first-order chi connectivity index (χ1) is 6.48. The number of hydrogen-bond acceptors (Lipinski definition) is 1. The van der Waals surface area contributed by atoms with Crippen molar-refractivity contribution in [3.8, 4) is 0 Å². The molecule has 2 aliphatic rings. The van der Waals surface area contributed by atoms with Crippen molar-refractivity contribution in [2.45, 2.75) is 40.0 Å². The van der Waals surface area contributed by atoms with Gasteiger partial charge >= 0.3 is 0 Å². The van der Waals surface area contributed by atoms with Crippen LogP contribution in [0.25, 0.3) is 0 Å². The molecule has 14 heavy (non-hydrogen) atoms. The van der Waals surface area contributed by atoms with Crippen LogP contribution >= 0.6 is 0 Å². The molecule has 1 saturated heterocycles. The SMILES string of the molecule is CC(C)(C)C(=N)N1CCC(C2CC2)C1. The molecule has 1 saturated carbocycles. The standard InChI is InChI=1S/C12H22N2/c1-12(2,3)11(13)14-7-6-10(8-14)9-4-5-9/h9-10,13H,4-8H2,1-3H3. The molecule has 1 atom stereocenters. The van der Waals surface area contributed by atoms with E-state index >= 15 is 0 Å². The summed E-state index contributed by atoms with van der Waals surface area (Å²) in [6, 6.07) is 0. The molecule has 1 heterocycles. The summed E-state index contributed by atoms with van der Waals surface area (Å²) in [7, 11) is 0. The lowest BCUT2D eigenvalue weighted by Crippen LogP contribution is -2.37. The zero-order chi connectivity index (χ0) is 10.3. The lowest BCUT2D eigenvalue weighted by Gasteiger charge is -2.29. The second kappa shape index (κ2) is 3.25. The average molecular weight is 194 g/mol. The third-order valence-electron chi connectivity index (χ3n) is 3.54. The summed E-state index contributed by atoms with van der Waals surface area (Å²) in [6.45, 7) is 8.69. The maximum Gasteiger partial charge on any atom is 0.101 e. The van der Waals surface area contributed by atoms with Gasteiger partial charge in [-0.3, -0.25) is 5.41 Å². The summed E-state index contributed by atoms with van der Waals surface area (Å²) < 4.78 is 0. The van der Waals surface area contributed by atoms with Crippen molar-refractivity contribution < 1.29 is 0 Å². The number of amidine groups is 1. The van der Waals surface area contributed by atoms with Gasteiger partial charge in [-0.1, -0.05) is 20.8 Å². The van der Waals surface area contributed by atoms with Crippen LogP contribution in [0.1, 0.15) is 40.0 Å². The Morgan fingerprint density at radius 2 is 1.79 bits per heavy atom. The number of likely N-dealkylation sites (tertiary alicyclic amines) is 1. The molecule has 0 aromatic carbocycles. The number of nitrogens with zero attached hydrogens (tertiary/aromatic N) is 1. The van der Waals surface area contributed by atoms with Crippen molar-refractivity contribution in [2.24, 2.45) is 17.3 Å². The Kier molecular flexibility index (Phi) is 2.32. The quantitative estimate of drug-likeness (QED) is 0.504. The monoisotopic (exact) mass is 194 g/mol. The third kappa shape index (κ3) is 1.94. The molecule has 0 spiro atoms. The van der Waals surface area contributed by atoms with E-state index in [1.54, 1.807) is 0 Å². The van der Waals surface area contributed by atoms with Gasteiger partial charge in [0.1, 0.15) is 5.84 Å². The van der Waals surface area contributed by atoms with Gasteiger partial charge in [-0.15, -0.1) is 0 Å². The molecular weight excluding hydrogens is 172 g/mol. The smallest absolute Gasteiger partial charge is 0.101 e. The van der Waals surface area contributed by atoms with Gasteiger partial charge in [0.2, 0.25) is 0 Å². The molecule has 2 rings (SSSR count). The van der Waals surface area contributed by atoms with Crippen molar-refractivity contribution in [3.05, 3.63) is 0 Å². The van der Waals surface area contributed by atoms with Crippen LogP contribution < -0.4 is 0 Å². The van der Waals surface area contributed by atoms with Crippen molar-refractivity contribution >= 4 is 5.84 Å². The minimum atomic E-state index is 0.0262. The normalized spacial score (nSPS) is 28.2. The topological polar surface area (TPSA) is 27.1 Å². The number of hydrogen-bond donors (Lipinski definition) is 1. The van der Waals surface area contributed by atoms with E-state index in [9.17, 15) is 0 Å². The second-order valence-electron chi connectivity index (χ2n) is 5.93. The van der Waals surface area contributed by atoms with E-state index < -0.39 is 0 Å². The Morgan fingerprint density at radius 3 is 2.29 bits per heavy atom. The number of rotatable bonds is 1. The zero-order valence-electron chi connectivity index (χ0n) is 9.64. The maximum absolute atomic E-state index is 8.11. The van der Waals surface area contributed by atoms with E-state index in [-0.39, 0.29) is 5.41 Å². The van der Waals surface area contributed by atoms with Gasteiger partial charge in [0.15, 0.2) is 0 Å². The lowest BCUT2D eigenvalue weighted by molar-refractivity contribution is 0.399. The van der Waals surface area contributed by atoms with E-state index in [1.165, 1.54) is 19.3 Å². The van der Waals surface area contributed by atoms with Gasteiger partial charge in [0.25, 0.3) is 0 Å². The van der Waals surface area contributed by atoms with Crippen molar-refractivity contribution in [2.75, 3.05) is 13.1 Å². The highest BCUT2D eigenvalue weighted by atomic mass is 15.2. The fraction of sp³-hybridized carbons (Fsp3) is 0.917. The molecule has 1 aliphatic carbocycles. The van der Waals surface area contributed by atoms with Crippen LogP contribution in [0.5, 0.6) is 0 Å². The van der Waals surface area contributed by atoms with Crippen molar-refractivity contribution in [3.63, 3.8) is 0 Å². The van der Waals surface area contributed by atoms with Crippen LogP contribution in [0.15, 0.2) is 0 Å². The fourth-order valence-corrected chi connectivity index (χ4v) is 2.42. The van der Waals surface area contributed by atoms with Gasteiger partial charge in [-0.2, -0.15) is 0 Å². The maximum atomic E-state index is 8.11. The summed E-state index contributed by atoms with van der Waals surface area (Å²) in [6.07, 6.45) is 4.21. The largest absolute Gasteiger partial charge is 0.360 e. The van der Waals surface area contributed by atoms with Crippen LogP contribution in [0, 0.1) is 22.7 Å². The first kappa shape index (κ1) is 10.0. The minimum Gasteiger partial charge on any atom is -0.360 e. The molecule has 2 fully saturated rings. The highest BCUT2D eigenvalue weighted by Gasteiger charge is 2.37. The van der Waals surface area contributed by atoms with E-state index in [4.69, 9.17) is 5.41 Å². The molecule has 1 unspecified atom stereocenters. The molecular formula is C12H22N2. The van der Waals surface area contributed by atoms with E-state index in [2.05, 4.69) is 25.7 Å². The highest BCUT2D eigenvalue weighted by Crippen LogP contribution is 2.41. The van der Waals surface area contributed by atoms with Crippen LogP contribution in [0.3, 0.4) is 0 Å². The molecule has 0 amide bonds. The lowest BCUT2D eigenvalue weighted by atomic mass is 9.94. The van der Waals surface area contributed by atoms with Gasteiger partial charge in [0.05, 0.1) is 0 Å². The van der Waals surface area contributed by atoms with E-state index in [0.717, 1.165) is 30.8 Å². The zero-order valence-corrected chi connectivity index (χ0v) is 9.64. The predicted octanol–water partition coefficient (Wildman–Crippen LogP) is 2.74. The summed E-state index contributed by atoms with van der Waals surface area (Å²) in [5.41, 5.74) is 0.0262. The molecule has 1 aliphatic heterocycles. The predicted molar refractivity (Wildman–Crippen MR) is 59.6 cm³/mol. The van der Waals surface area contributed by atoms with Crippen LogP contribution in [-0.4, -0.2) is 23.8 Å². The molecule has 2 nitrogen and oxygen atoms in total. The molecule has 2 heteroatoms. The first-order valence-corrected chi connectivity index (χ1v) is 5.82. The van der Waals surface area contributed by atoms with Crippen LogP contribution in [0.2, 0.25) is 0 Å². The minimum absolute atomic E-state index is 0.0262. The summed E-state index contributed by atoms with van der Waals surface area (Å²) in [5, 5.41) is 8.11. The summed E-state index contributed by atoms with van der Waals surface area (Å²) >= 11 is 0. The Labute approximate surface area is 87.2 Å².